The van der Waals surface area contributed by atoms with Crippen LogP contribution in [0.5, 0.6) is 0 Å². The van der Waals surface area contributed by atoms with E-state index in [4.69, 9.17) is 9.31 Å². The monoisotopic (exact) mass is 298 g/mol. The van der Waals surface area contributed by atoms with E-state index < -0.39 is 37.3 Å². The van der Waals surface area contributed by atoms with Gasteiger partial charge in [-0.25, -0.2) is 8.78 Å². The Hall–Kier alpha value is -0.975. The van der Waals surface area contributed by atoms with Crippen LogP contribution in [-0.4, -0.2) is 29.9 Å². The summed E-state index contributed by atoms with van der Waals surface area (Å²) >= 11 is 0. The molecule has 2 rings (SSSR count). The minimum atomic E-state index is -2.53. The summed E-state index contributed by atoms with van der Waals surface area (Å²) in [5.74, 6) is 0. The van der Waals surface area contributed by atoms with Crippen molar-refractivity contribution in [2.24, 2.45) is 0 Å². The first kappa shape index (κ1) is 16.4. The molecule has 1 heterocycles. The molecule has 0 saturated carbocycles. The van der Waals surface area contributed by atoms with Gasteiger partial charge < -0.3 is 14.4 Å². The molecule has 6 heteroatoms. The van der Waals surface area contributed by atoms with Crippen LogP contribution >= 0.6 is 0 Å². The molecule has 1 atom stereocenters. The number of benzene rings is 1. The zero-order chi connectivity index (χ0) is 15.8. The normalized spacial score (nSPS) is 21.8. The quantitative estimate of drug-likeness (QED) is 0.869. The van der Waals surface area contributed by atoms with Crippen molar-refractivity contribution in [3.63, 3.8) is 0 Å². The van der Waals surface area contributed by atoms with Gasteiger partial charge in [-0.3, -0.25) is 0 Å². The van der Waals surface area contributed by atoms with Crippen LogP contribution in [0.2, 0.25) is 0 Å². The number of rotatable bonds is 4. The number of hydrogen-bond donors (Lipinski definition) is 1. The second-order valence-corrected chi connectivity index (χ2v) is 6.40. The Balaban J connectivity index is 2.10. The maximum atomic E-state index is 12.3. The molecule has 116 valence electrons. The Morgan fingerprint density at radius 2 is 1.52 bits per heavy atom. The van der Waals surface area contributed by atoms with Gasteiger partial charge in [0.25, 0.3) is 0 Å². The molecule has 0 aliphatic carbocycles. The summed E-state index contributed by atoms with van der Waals surface area (Å²) in [7, 11) is -0.490. The second kappa shape index (κ2) is 5.67. The average molecular weight is 298 g/mol. The van der Waals surface area contributed by atoms with Crippen molar-refractivity contribution in [3.05, 3.63) is 29.8 Å². The van der Waals surface area contributed by atoms with Crippen LogP contribution in [0, 0.1) is 0 Å². The highest BCUT2D eigenvalue weighted by Crippen LogP contribution is 2.36. The zero-order valence-corrected chi connectivity index (χ0v) is 12.8. The molecular formula is C15H21BF2O3. The van der Waals surface area contributed by atoms with Crippen LogP contribution in [0.4, 0.5) is 8.78 Å². The van der Waals surface area contributed by atoms with E-state index in [0.717, 1.165) is 5.46 Å². The Bertz CT molecular complexity index is 472. The van der Waals surface area contributed by atoms with Crippen LogP contribution in [0.25, 0.3) is 0 Å². The summed E-state index contributed by atoms with van der Waals surface area (Å²) in [6, 6.07) is 6.75. The lowest BCUT2D eigenvalue weighted by Gasteiger charge is -2.32. The third kappa shape index (κ3) is 3.44. The van der Waals surface area contributed by atoms with E-state index in [1.54, 1.807) is 24.3 Å². The Kier molecular flexibility index (Phi) is 4.43. The van der Waals surface area contributed by atoms with Crippen LogP contribution in [0.15, 0.2) is 24.3 Å². The first-order valence-corrected chi connectivity index (χ1v) is 7.04. The SMILES string of the molecule is CC1(C)OB(c2ccc(C(O)CC(F)F)cc2)OC1(C)C. The first-order chi connectivity index (χ1) is 9.62. The van der Waals surface area contributed by atoms with Gasteiger partial charge in [-0.1, -0.05) is 24.3 Å². The van der Waals surface area contributed by atoms with Gasteiger partial charge >= 0.3 is 7.12 Å². The number of aliphatic hydroxyl groups is 1. The molecule has 0 radical (unpaired) electrons. The van der Waals surface area contributed by atoms with Gasteiger partial charge in [0.1, 0.15) is 0 Å². The standard InChI is InChI=1S/C15H21BF2O3/c1-14(2)15(3,4)21-16(20-14)11-7-5-10(6-8-11)12(19)9-13(17)18/h5-8,12-13,19H,9H2,1-4H3. The van der Waals surface area contributed by atoms with E-state index in [9.17, 15) is 13.9 Å². The summed E-state index contributed by atoms with van der Waals surface area (Å²) < 4.78 is 36.4. The molecule has 3 nitrogen and oxygen atoms in total. The molecule has 1 aromatic carbocycles. The minimum Gasteiger partial charge on any atom is -0.399 e. The van der Waals surface area contributed by atoms with Gasteiger partial charge in [-0.15, -0.1) is 0 Å². The minimum absolute atomic E-state index is 0.425. The van der Waals surface area contributed by atoms with Crippen molar-refractivity contribution in [1.82, 2.24) is 0 Å². The van der Waals surface area contributed by atoms with Gasteiger partial charge in [0.05, 0.1) is 17.3 Å². The topological polar surface area (TPSA) is 38.7 Å². The predicted octanol–water partition coefficient (Wildman–Crippen LogP) is 2.67. The molecule has 0 aromatic heterocycles. The zero-order valence-electron chi connectivity index (χ0n) is 12.8. The van der Waals surface area contributed by atoms with Gasteiger partial charge in [0.2, 0.25) is 6.43 Å². The smallest absolute Gasteiger partial charge is 0.399 e. The van der Waals surface area contributed by atoms with E-state index >= 15 is 0 Å². The van der Waals surface area contributed by atoms with Crippen LogP contribution in [0.1, 0.15) is 45.8 Å². The summed E-state index contributed by atoms with van der Waals surface area (Å²) in [5, 5.41) is 9.67. The predicted molar refractivity (Wildman–Crippen MR) is 77.7 cm³/mol. The summed E-state index contributed by atoms with van der Waals surface area (Å²) in [4.78, 5) is 0. The maximum Gasteiger partial charge on any atom is 0.494 e. The molecule has 1 fully saturated rings. The average Bonchev–Trinajstić information content (AvgIpc) is 2.58. The fourth-order valence-electron chi connectivity index (χ4n) is 2.16. The maximum absolute atomic E-state index is 12.3. The van der Waals surface area contributed by atoms with E-state index in [-0.39, 0.29) is 0 Å². The fraction of sp³-hybridized carbons (Fsp3) is 0.600. The van der Waals surface area contributed by atoms with Crippen molar-refractivity contribution < 1.29 is 23.2 Å². The first-order valence-electron chi connectivity index (χ1n) is 7.04. The number of halogens is 2. The third-order valence-electron chi connectivity index (χ3n) is 4.25. The summed E-state index contributed by atoms with van der Waals surface area (Å²) in [6.45, 7) is 7.86. The highest BCUT2D eigenvalue weighted by molar-refractivity contribution is 6.62. The Labute approximate surface area is 124 Å². The van der Waals surface area contributed by atoms with Gasteiger partial charge in [0, 0.05) is 6.42 Å². The van der Waals surface area contributed by atoms with Crippen LogP contribution < -0.4 is 5.46 Å². The van der Waals surface area contributed by atoms with Crippen LogP contribution in [-0.2, 0) is 9.31 Å². The lowest BCUT2D eigenvalue weighted by molar-refractivity contribution is 0.00578. The number of hydrogen-bond acceptors (Lipinski definition) is 3. The van der Waals surface area contributed by atoms with Crippen molar-refractivity contribution in [3.8, 4) is 0 Å². The molecule has 0 bridgehead atoms. The molecule has 1 N–H and O–H groups in total. The molecule has 1 aliphatic rings. The van der Waals surface area contributed by atoms with Crippen LogP contribution in [0.3, 0.4) is 0 Å². The van der Waals surface area contributed by atoms with E-state index in [1.807, 2.05) is 27.7 Å². The molecule has 1 unspecified atom stereocenters. The molecule has 0 spiro atoms. The van der Waals surface area contributed by atoms with Crippen molar-refractivity contribution in [1.29, 1.82) is 0 Å². The lowest BCUT2D eigenvalue weighted by atomic mass is 9.78. The second-order valence-electron chi connectivity index (χ2n) is 6.40. The lowest BCUT2D eigenvalue weighted by Crippen LogP contribution is -2.41. The highest BCUT2D eigenvalue weighted by atomic mass is 19.3. The van der Waals surface area contributed by atoms with E-state index in [0.29, 0.717) is 5.56 Å². The summed E-state index contributed by atoms with van der Waals surface area (Å²) in [6.07, 6.45) is -4.24. The Morgan fingerprint density at radius 3 is 1.95 bits per heavy atom. The van der Waals surface area contributed by atoms with Crippen molar-refractivity contribution >= 4 is 12.6 Å². The highest BCUT2D eigenvalue weighted by Gasteiger charge is 2.51. The number of aliphatic hydroxyl groups excluding tert-OH is 1. The Morgan fingerprint density at radius 1 is 1.05 bits per heavy atom. The largest absolute Gasteiger partial charge is 0.494 e. The molecule has 1 aromatic rings. The van der Waals surface area contributed by atoms with Crippen molar-refractivity contribution in [2.75, 3.05) is 0 Å². The molecule has 1 saturated heterocycles. The van der Waals surface area contributed by atoms with E-state index in [2.05, 4.69) is 0 Å². The van der Waals surface area contributed by atoms with E-state index in [1.165, 1.54) is 0 Å². The van der Waals surface area contributed by atoms with Gasteiger partial charge in [-0.05, 0) is 38.7 Å². The third-order valence-corrected chi connectivity index (χ3v) is 4.25. The van der Waals surface area contributed by atoms with Crippen molar-refractivity contribution in [2.45, 2.75) is 57.8 Å². The fourth-order valence-corrected chi connectivity index (χ4v) is 2.16. The van der Waals surface area contributed by atoms with Gasteiger partial charge in [-0.2, -0.15) is 0 Å². The number of alkyl halides is 2. The molecule has 1 aliphatic heterocycles. The molecule has 0 amide bonds. The molecular weight excluding hydrogens is 277 g/mol. The van der Waals surface area contributed by atoms with Gasteiger partial charge in [0.15, 0.2) is 0 Å². The summed E-state index contributed by atoms with van der Waals surface area (Å²) in [5.41, 5.74) is 0.425. The molecule has 21 heavy (non-hydrogen) atoms.